The molecule has 3 heteroatoms. The van der Waals surface area contributed by atoms with E-state index in [0.29, 0.717) is 6.54 Å². The number of hydrogen-bond donors (Lipinski definition) is 1. The lowest BCUT2D eigenvalue weighted by molar-refractivity contribution is 0.725. The zero-order valence-electron chi connectivity index (χ0n) is 8.80. The summed E-state index contributed by atoms with van der Waals surface area (Å²) in [6.07, 6.45) is 3.16. The highest BCUT2D eigenvalue weighted by molar-refractivity contribution is 5.16. The van der Waals surface area contributed by atoms with Gasteiger partial charge in [0.25, 0.3) is 0 Å². The van der Waals surface area contributed by atoms with Crippen LogP contribution in [-0.2, 0) is 19.9 Å². The van der Waals surface area contributed by atoms with Crippen LogP contribution >= 0.6 is 0 Å². The predicted octanol–water partition coefficient (Wildman–Crippen LogP) is 1.18. The highest BCUT2D eigenvalue weighted by atomic mass is 15.1. The van der Waals surface area contributed by atoms with Crippen molar-refractivity contribution in [2.75, 3.05) is 6.54 Å². The molecule has 0 aliphatic carbocycles. The topological polar surface area (TPSA) is 43.8 Å². The largest absolute Gasteiger partial charge is 0.335 e. The Bertz CT molecular complexity index is 276. The van der Waals surface area contributed by atoms with Crippen LogP contribution in [0.3, 0.4) is 0 Å². The second kappa shape index (κ2) is 4.42. The maximum atomic E-state index is 5.51. The zero-order valence-corrected chi connectivity index (χ0v) is 8.80. The van der Waals surface area contributed by atoms with Gasteiger partial charge in [0.05, 0.1) is 5.69 Å². The van der Waals surface area contributed by atoms with E-state index in [1.807, 2.05) is 0 Å². The Labute approximate surface area is 80.0 Å². The molecule has 0 aromatic carbocycles. The molecule has 1 aromatic rings. The van der Waals surface area contributed by atoms with Crippen LogP contribution in [0.25, 0.3) is 0 Å². The molecule has 3 nitrogen and oxygen atoms in total. The average Bonchev–Trinajstić information content (AvgIpc) is 2.34. The third-order valence-corrected chi connectivity index (χ3v) is 2.36. The summed E-state index contributed by atoms with van der Waals surface area (Å²) in [6, 6.07) is 0. The number of imidazole rings is 1. The van der Waals surface area contributed by atoms with Gasteiger partial charge in [-0.3, -0.25) is 0 Å². The first-order valence-corrected chi connectivity index (χ1v) is 4.91. The molecular weight excluding hydrogens is 162 g/mol. The first-order chi connectivity index (χ1) is 6.20. The lowest BCUT2D eigenvalue weighted by Crippen LogP contribution is -2.09. The molecule has 0 saturated carbocycles. The maximum absolute atomic E-state index is 5.51. The molecule has 74 valence electrons. The van der Waals surface area contributed by atoms with Gasteiger partial charge >= 0.3 is 0 Å². The Hall–Kier alpha value is -0.830. The Kier molecular flexibility index (Phi) is 3.48. The predicted molar refractivity (Wildman–Crippen MR) is 54.7 cm³/mol. The van der Waals surface area contributed by atoms with E-state index in [1.54, 1.807) is 0 Å². The van der Waals surface area contributed by atoms with Crippen LogP contribution < -0.4 is 5.73 Å². The Morgan fingerprint density at radius 3 is 2.62 bits per heavy atom. The molecule has 0 aliphatic heterocycles. The standard InChI is InChI=1S/C10H19N3/c1-4-5-9-8(2)12-10(6-7-11)13(9)3/h4-7,11H2,1-3H3. The maximum Gasteiger partial charge on any atom is 0.110 e. The number of nitrogens with two attached hydrogens (primary N) is 1. The highest BCUT2D eigenvalue weighted by Crippen LogP contribution is 2.11. The molecule has 0 unspecified atom stereocenters. The summed E-state index contributed by atoms with van der Waals surface area (Å²) in [7, 11) is 2.08. The molecule has 0 radical (unpaired) electrons. The third kappa shape index (κ3) is 2.10. The third-order valence-electron chi connectivity index (χ3n) is 2.36. The molecule has 0 bridgehead atoms. The Balaban J connectivity index is 2.92. The molecule has 0 aliphatic rings. The van der Waals surface area contributed by atoms with Crippen molar-refractivity contribution < 1.29 is 0 Å². The lowest BCUT2D eigenvalue weighted by Gasteiger charge is -2.03. The fourth-order valence-corrected chi connectivity index (χ4v) is 1.67. The van der Waals surface area contributed by atoms with Gasteiger partial charge in [0.15, 0.2) is 0 Å². The van der Waals surface area contributed by atoms with Gasteiger partial charge < -0.3 is 10.3 Å². The van der Waals surface area contributed by atoms with Crippen LogP contribution in [0.5, 0.6) is 0 Å². The van der Waals surface area contributed by atoms with Gasteiger partial charge in [-0.1, -0.05) is 13.3 Å². The molecule has 1 aromatic heterocycles. The van der Waals surface area contributed by atoms with Crippen molar-refractivity contribution in [3.8, 4) is 0 Å². The summed E-state index contributed by atoms with van der Waals surface area (Å²) < 4.78 is 2.19. The number of rotatable bonds is 4. The van der Waals surface area contributed by atoms with E-state index in [9.17, 15) is 0 Å². The summed E-state index contributed by atoms with van der Waals surface area (Å²) in [5, 5.41) is 0. The molecule has 1 heterocycles. The molecule has 0 atom stereocenters. The fraction of sp³-hybridized carbons (Fsp3) is 0.700. The van der Waals surface area contributed by atoms with Crippen LogP contribution in [0.15, 0.2) is 0 Å². The first-order valence-electron chi connectivity index (χ1n) is 4.91. The molecule has 0 spiro atoms. The second-order valence-electron chi connectivity index (χ2n) is 3.41. The van der Waals surface area contributed by atoms with Crippen LogP contribution in [0.2, 0.25) is 0 Å². The Morgan fingerprint density at radius 2 is 2.08 bits per heavy atom. The quantitative estimate of drug-likeness (QED) is 0.758. The van der Waals surface area contributed by atoms with Gasteiger partial charge in [0.2, 0.25) is 0 Å². The van der Waals surface area contributed by atoms with Crippen molar-refractivity contribution in [2.45, 2.75) is 33.1 Å². The highest BCUT2D eigenvalue weighted by Gasteiger charge is 2.09. The van der Waals surface area contributed by atoms with Crippen molar-refractivity contribution in [3.63, 3.8) is 0 Å². The second-order valence-corrected chi connectivity index (χ2v) is 3.41. The van der Waals surface area contributed by atoms with E-state index in [-0.39, 0.29) is 0 Å². The number of aryl methyl sites for hydroxylation is 1. The van der Waals surface area contributed by atoms with Crippen molar-refractivity contribution in [3.05, 3.63) is 17.2 Å². The Morgan fingerprint density at radius 1 is 1.38 bits per heavy atom. The van der Waals surface area contributed by atoms with Gasteiger partial charge in [-0.25, -0.2) is 4.98 Å². The summed E-state index contributed by atoms with van der Waals surface area (Å²) in [4.78, 5) is 4.50. The normalized spacial score (nSPS) is 10.8. The molecule has 0 amide bonds. The van der Waals surface area contributed by atoms with Gasteiger partial charge in [-0.15, -0.1) is 0 Å². The number of hydrogen-bond acceptors (Lipinski definition) is 2. The summed E-state index contributed by atoms with van der Waals surface area (Å²) in [5.41, 5.74) is 8.02. The number of nitrogens with zero attached hydrogens (tertiary/aromatic N) is 2. The van der Waals surface area contributed by atoms with Crippen LogP contribution in [0, 0.1) is 6.92 Å². The van der Waals surface area contributed by atoms with Crippen LogP contribution in [-0.4, -0.2) is 16.1 Å². The van der Waals surface area contributed by atoms with E-state index in [1.165, 1.54) is 12.1 Å². The van der Waals surface area contributed by atoms with Crippen molar-refractivity contribution in [2.24, 2.45) is 12.8 Å². The van der Waals surface area contributed by atoms with Crippen molar-refractivity contribution in [1.82, 2.24) is 9.55 Å². The minimum Gasteiger partial charge on any atom is -0.335 e. The monoisotopic (exact) mass is 181 g/mol. The lowest BCUT2D eigenvalue weighted by atomic mass is 10.2. The van der Waals surface area contributed by atoms with Gasteiger partial charge in [-0.2, -0.15) is 0 Å². The van der Waals surface area contributed by atoms with Gasteiger partial charge in [0.1, 0.15) is 5.82 Å². The zero-order chi connectivity index (χ0) is 9.84. The molecule has 13 heavy (non-hydrogen) atoms. The number of aromatic nitrogens is 2. The SMILES string of the molecule is CCCc1c(C)nc(CCN)n1C. The molecule has 0 saturated heterocycles. The van der Waals surface area contributed by atoms with Crippen LogP contribution in [0.4, 0.5) is 0 Å². The van der Waals surface area contributed by atoms with E-state index in [4.69, 9.17) is 5.73 Å². The van der Waals surface area contributed by atoms with E-state index >= 15 is 0 Å². The molecule has 0 fully saturated rings. The van der Waals surface area contributed by atoms with Crippen molar-refractivity contribution in [1.29, 1.82) is 0 Å². The van der Waals surface area contributed by atoms with E-state index in [2.05, 4.69) is 30.4 Å². The summed E-state index contributed by atoms with van der Waals surface area (Å²) in [6.45, 7) is 4.94. The smallest absolute Gasteiger partial charge is 0.110 e. The molecule has 2 N–H and O–H groups in total. The first kappa shape index (κ1) is 10.3. The average molecular weight is 181 g/mol. The minimum atomic E-state index is 0.676. The summed E-state index contributed by atoms with van der Waals surface area (Å²) in [5.74, 6) is 1.11. The van der Waals surface area contributed by atoms with Crippen LogP contribution in [0.1, 0.15) is 30.6 Å². The molecule has 1 rings (SSSR count). The molecular formula is C10H19N3. The van der Waals surface area contributed by atoms with E-state index < -0.39 is 0 Å². The van der Waals surface area contributed by atoms with Gasteiger partial charge in [-0.05, 0) is 19.9 Å². The van der Waals surface area contributed by atoms with E-state index in [0.717, 1.165) is 24.4 Å². The van der Waals surface area contributed by atoms with Gasteiger partial charge in [0, 0.05) is 19.2 Å². The fourth-order valence-electron chi connectivity index (χ4n) is 1.67. The summed E-state index contributed by atoms with van der Waals surface area (Å²) >= 11 is 0. The van der Waals surface area contributed by atoms with Crippen molar-refractivity contribution >= 4 is 0 Å². The minimum absolute atomic E-state index is 0.676.